The van der Waals surface area contributed by atoms with Crippen molar-refractivity contribution in [2.24, 2.45) is 11.8 Å². The van der Waals surface area contributed by atoms with E-state index in [0.717, 1.165) is 18.4 Å². The van der Waals surface area contributed by atoms with Crippen molar-refractivity contribution in [3.63, 3.8) is 0 Å². The predicted octanol–water partition coefficient (Wildman–Crippen LogP) is 5.10. The Bertz CT molecular complexity index is 405. The van der Waals surface area contributed by atoms with Crippen molar-refractivity contribution >= 4 is 11.3 Å². The Kier molecular flexibility index (Phi) is 4.83. The summed E-state index contributed by atoms with van der Waals surface area (Å²) in [6.45, 7) is 5.77. The van der Waals surface area contributed by atoms with E-state index in [2.05, 4.69) is 36.6 Å². The molecule has 1 nitrogen and oxygen atoms in total. The fourth-order valence-corrected chi connectivity index (χ4v) is 5.43. The average Bonchev–Trinajstić information content (AvgIpc) is 2.89. The van der Waals surface area contributed by atoms with E-state index < -0.39 is 0 Å². The van der Waals surface area contributed by atoms with E-state index in [9.17, 15) is 0 Å². The number of thiophene rings is 1. The topological polar surface area (TPSA) is 12.0 Å². The molecule has 1 atom stereocenters. The van der Waals surface area contributed by atoms with E-state index >= 15 is 0 Å². The van der Waals surface area contributed by atoms with Gasteiger partial charge in [-0.25, -0.2) is 0 Å². The van der Waals surface area contributed by atoms with Gasteiger partial charge in [0.2, 0.25) is 0 Å². The maximum absolute atomic E-state index is 3.80. The molecule has 0 aliphatic heterocycles. The van der Waals surface area contributed by atoms with Crippen molar-refractivity contribution in [2.75, 3.05) is 6.54 Å². The first-order valence-corrected chi connectivity index (χ1v) is 9.44. The molecule has 0 bridgehead atoms. The fourth-order valence-electron chi connectivity index (χ4n) is 4.01. The van der Waals surface area contributed by atoms with Gasteiger partial charge in [0, 0.05) is 15.8 Å². The van der Waals surface area contributed by atoms with Crippen LogP contribution in [-0.4, -0.2) is 6.54 Å². The van der Waals surface area contributed by atoms with E-state index in [-0.39, 0.29) is 0 Å². The van der Waals surface area contributed by atoms with Gasteiger partial charge >= 0.3 is 0 Å². The largest absolute Gasteiger partial charge is 0.309 e. The standard InChI is InChI=1S/C18H29NS/c1-3-19-18(14-10-8-13(2)9-11-14)17-12-15-6-4-5-7-16(15)20-17/h12-14,18-19H,3-11H2,1-2H3. The van der Waals surface area contributed by atoms with Crippen molar-refractivity contribution in [2.45, 2.75) is 71.3 Å². The Morgan fingerprint density at radius 1 is 1.20 bits per heavy atom. The number of rotatable bonds is 4. The van der Waals surface area contributed by atoms with Crippen LogP contribution in [0.5, 0.6) is 0 Å². The zero-order valence-corrected chi connectivity index (χ0v) is 13.9. The summed E-state index contributed by atoms with van der Waals surface area (Å²) in [5.74, 6) is 1.82. The molecule has 0 aromatic carbocycles. The Morgan fingerprint density at radius 2 is 1.95 bits per heavy atom. The minimum atomic E-state index is 0.628. The van der Waals surface area contributed by atoms with Gasteiger partial charge in [-0.2, -0.15) is 0 Å². The first-order chi connectivity index (χ1) is 9.78. The van der Waals surface area contributed by atoms with Crippen LogP contribution in [0.3, 0.4) is 0 Å². The van der Waals surface area contributed by atoms with Crippen molar-refractivity contribution in [1.29, 1.82) is 0 Å². The summed E-state index contributed by atoms with van der Waals surface area (Å²) in [6.07, 6.45) is 11.2. The van der Waals surface area contributed by atoms with Crippen LogP contribution in [-0.2, 0) is 12.8 Å². The number of hydrogen-bond donors (Lipinski definition) is 1. The third kappa shape index (κ3) is 3.12. The normalized spacial score (nSPS) is 28.1. The van der Waals surface area contributed by atoms with Crippen molar-refractivity contribution < 1.29 is 0 Å². The van der Waals surface area contributed by atoms with E-state index in [0.29, 0.717) is 6.04 Å². The summed E-state index contributed by atoms with van der Waals surface area (Å²) in [4.78, 5) is 3.33. The fraction of sp³-hybridized carbons (Fsp3) is 0.778. The molecule has 1 unspecified atom stereocenters. The summed E-state index contributed by atoms with van der Waals surface area (Å²) >= 11 is 2.12. The zero-order valence-electron chi connectivity index (χ0n) is 13.1. The highest BCUT2D eigenvalue weighted by Crippen LogP contribution is 2.41. The summed E-state index contributed by atoms with van der Waals surface area (Å²) < 4.78 is 0. The highest BCUT2D eigenvalue weighted by molar-refractivity contribution is 7.12. The summed E-state index contributed by atoms with van der Waals surface area (Å²) in [6, 6.07) is 3.17. The molecule has 20 heavy (non-hydrogen) atoms. The predicted molar refractivity (Wildman–Crippen MR) is 88.5 cm³/mol. The molecule has 1 heterocycles. The monoisotopic (exact) mass is 291 g/mol. The number of hydrogen-bond acceptors (Lipinski definition) is 2. The van der Waals surface area contributed by atoms with Crippen LogP contribution in [0, 0.1) is 11.8 Å². The second-order valence-electron chi connectivity index (χ2n) is 6.86. The van der Waals surface area contributed by atoms with Gasteiger partial charge in [0.05, 0.1) is 0 Å². The Hall–Kier alpha value is -0.340. The summed E-state index contributed by atoms with van der Waals surface area (Å²) in [5, 5.41) is 3.80. The molecule has 0 saturated heterocycles. The van der Waals surface area contributed by atoms with Crippen molar-refractivity contribution in [3.8, 4) is 0 Å². The number of fused-ring (bicyclic) bond motifs is 1. The minimum absolute atomic E-state index is 0.628. The van der Waals surface area contributed by atoms with E-state index in [1.165, 1.54) is 51.4 Å². The third-order valence-corrected chi connectivity index (χ3v) is 6.60. The van der Waals surface area contributed by atoms with Gasteiger partial charge in [-0.3, -0.25) is 0 Å². The van der Waals surface area contributed by atoms with Gasteiger partial charge in [-0.15, -0.1) is 11.3 Å². The maximum atomic E-state index is 3.80. The first-order valence-electron chi connectivity index (χ1n) is 8.62. The van der Waals surface area contributed by atoms with Gasteiger partial charge in [0.1, 0.15) is 0 Å². The molecule has 0 radical (unpaired) electrons. The molecule has 1 aromatic heterocycles. The van der Waals surface area contributed by atoms with Crippen LogP contribution in [0.15, 0.2) is 6.07 Å². The Morgan fingerprint density at radius 3 is 2.65 bits per heavy atom. The van der Waals surface area contributed by atoms with Gasteiger partial charge < -0.3 is 5.32 Å². The molecule has 2 heteroatoms. The molecule has 112 valence electrons. The quantitative estimate of drug-likeness (QED) is 0.813. The lowest BCUT2D eigenvalue weighted by molar-refractivity contribution is 0.235. The number of nitrogens with one attached hydrogen (secondary N) is 1. The van der Waals surface area contributed by atoms with E-state index in [1.807, 2.05) is 0 Å². The van der Waals surface area contributed by atoms with Gasteiger partial charge in [0.25, 0.3) is 0 Å². The molecule has 3 rings (SSSR count). The SMILES string of the molecule is CCNC(c1cc2c(s1)CCCC2)C1CCC(C)CC1. The van der Waals surface area contributed by atoms with E-state index in [4.69, 9.17) is 0 Å². The molecule has 1 saturated carbocycles. The molecule has 0 spiro atoms. The van der Waals surface area contributed by atoms with Crippen molar-refractivity contribution in [1.82, 2.24) is 5.32 Å². The summed E-state index contributed by atoms with van der Waals surface area (Å²) in [5.41, 5.74) is 1.67. The molecule has 1 N–H and O–H groups in total. The molecular formula is C18H29NS. The van der Waals surface area contributed by atoms with Gasteiger partial charge in [-0.05, 0) is 68.5 Å². The molecule has 2 aliphatic carbocycles. The second kappa shape index (κ2) is 6.62. The number of aryl methyl sites for hydroxylation is 2. The van der Waals surface area contributed by atoms with Gasteiger partial charge in [0.15, 0.2) is 0 Å². The molecule has 1 fully saturated rings. The molecular weight excluding hydrogens is 262 g/mol. The third-order valence-electron chi connectivity index (χ3n) is 5.28. The molecule has 0 amide bonds. The minimum Gasteiger partial charge on any atom is -0.309 e. The highest BCUT2D eigenvalue weighted by atomic mass is 32.1. The van der Waals surface area contributed by atoms with Crippen LogP contribution in [0.4, 0.5) is 0 Å². The van der Waals surface area contributed by atoms with Crippen LogP contribution >= 0.6 is 11.3 Å². The second-order valence-corrected chi connectivity index (χ2v) is 8.03. The van der Waals surface area contributed by atoms with Gasteiger partial charge in [-0.1, -0.05) is 26.7 Å². The summed E-state index contributed by atoms with van der Waals surface area (Å²) in [7, 11) is 0. The van der Waals surface area contributed by atoms with Crippen LogP contribution in [0.1, 0.15) is 73.7 Å². The van der Waals surface area contributed by atoms with Crippen molar-refractivity contribution in [3.05, 3.63) is 21.4 Å². The molecule has 1 aromatic rings. The van der Waals surface area contributed by atoms with Crippen LogP contribution in [0.25, 0.3) is 0 Å². The lowest BCUT2D eigenvalue weighted by Crippen LogP contribution is -2.30. The Balaban J connectivity index is 1.77. The van der Waals surface area contributed by atoms with Crippen LogP contribution in [0.2, 0.25) is 0 Å². The lowest BCUT2D eigenvalue weighted by Gasteiger charge is -2.32. The first kappa shape index (κ1) is 14.6. The zero-order chi connectivity index (χ0) is 13.9. The van der Waals surface area contributed by atoms with Crippen LogP contribution < -0.4 is 5.32 Å². The maximum Gasteiger partial charge on any atom is 0.0443 e. The smallest absolute Gasteiger partial charge is 0.0443 e. The van der Waals surface area contributed by atoms with E-state index in [1.54, 1.807) is 15.3 Å². The molecule has 2 aliphatic rings. The Labute approximate surface area is 128 Å². The highest BCUT2D eigenvalue weighted by Gasteiger charge is 2.28. The average molecular weight is 292 g/mol. The lowest BCUT2D eigenvalue weighted by atomic mass is 9.78.